The molecule has 0 aliphatic heterocycles. The number of hydrogen-bond acceptors (Lipinski definition) is 8. The smallest absolute Gasteiger partial charge is 0.361 e. The third-order valence-corrected chi connectivity index (χ3v) is 12.8. The van der Waals surface area contributed by atoms with E-state index >= 15 is 8.78 Å². The van der Waals surface area contributed by atoms with Crippen LogP contribution in [0.5, 0.6) is 0 Å². The summed E-state index contributed by atoms with van der Waals surface area (Å²) >= 11 is 6.54. The van der Waals surface area contributed by atoms with Gasteiger partial charge in [-0.3, -0.25) is 28.0 Å². The number of carbonyl (C=O) groups is 3. The molecule has 3 N–H and O–H groups in total. The van der Waals surface area contributed by atoms with Gasteiger partial charge in [0.25, 0.3) is 5.92 Å². The van der Waals surface area contributed by atoms with Crippen molar-refractivity contribution in [2.45, 2.75) is 75.3 Å². The lowest BCUT2D eigenvalue weighted by atomic mass is 9.93. The Morgan fingerprint density at radius 2 is 1.61 bits per heavy atom. The summed E-state index contributed by atoms with van der Waals surface area (Å²) in [5.74, 6) is -6.06. The predicted octanol–water partition coefficient (Wildman–Crippen LogP) is 6.57. The van der Waals surface area contributed by atoms with Gasteiger partial charge in [-0.05, 0) is 68.5 Å². The number of nitrogens with two attached hydrogens (primary N) is 1. The second kappa shape index (κ2) is 18.1. The maximum Gasteiger partial charge on any atom is 0.435 e. The predicted molar refractivity (Wildman–Crippen MR) is 220 cm³/mol. The number of carbonyl (C=O) groups excluding carboxylic acids is 3. The fraction of sp³-hybridized carbons (Fsp3) is 0.350. The highest BCUT2D eigenvalue weighted by Crippen LogP contribution is 2.47. The molecule has 26 heteroatoms. The number of aromatic nitrogens is 5. The van der Waals surface area contributed by atoms with Gasteiger partial charge in [-0.2, -0.15) is 45.3 Å². The topological polar surface area (TPSA) is 175 Å². The summed E-state index contributed by atoms with van der Waals surface area (Å²) in [6.45, 7) is -0.154. The van der Waals surface area contributed by atoms with Gasteiger partial charge in [0.2, 0.25) is 5.91 Å². The Morgan fingerprint density at radius 1 is 0.970 bits per heavy atom. The Kier molecular flexibility index (Phi) is 13.6. The molecule has 352 valence electrons. The van der Waals surface area contributed by atoms with Gasteiger partial charge in [-0.15, -0.1) is 0 Å². The van der Waals surface area contributed by atoms with Crippen LogP contribution in [0.3, 0.4) is 0 Å². The van der Waals surface area contributed by atoms with Crippen molar-refractivity contribution in [3.8, 4) is 23.0 Å². The van der Waals surface area contributed by atoms with Crippen LogP contribution in [0.25, 0.3) is 22.0 Å². The lowest BCUT2D eigenvalue weighted by Crippen LogP contribution is -2.41. The second-order valence-electron chi connectivity index (χ2n) is 15.3. The molecule has 2 aromatic carbocycles. The average molecular weight is 995 g/mol. The molecule has 0 bridgehead atoms. The van der Waals surface area contributed by atoms with Gasteiger partial charge in [0.05, 0.1) is 27.7 Å². The lowest BCUT2D eigenvalue weighted by Gasteiger charge is -2.23. The number of anilines is 1. The first-order valence-corrected chi connectivity index (χ1v) is 22.3. The highest BCUT2D eigenvalue weighted by molar-refractivity contribution is 7.86. The van der Waals surface area contributed by atoms with E-state index in [1.165, 1.54) is 32.2 Å². The van der Waals surface area contributed by atoms with Gasteiger partial charge >= 0.3 is 24.2 Å². The molecular weight excluding hydrogens is 962 g/mol. The molecule has 0 spiro atoms. The van der Waals surface area contributed by atoms with Crippen molar-refractivity contribution in [2.75, 3.05) is 16.8 Å². The van der Waals surface area contributed by atoms with E-state index < -0.39 is 151 Å². The second-order valence-corrected chi connectivity index (χ2v) is 18.8. The van der Waals surface area contributed by atoms with Crippen LogP contribution in [0.15, 0.2) is 42.5 Å². The highest BCUT2D eigenvalue weighted by atomic mass is 35.5. The van der Waals surface area contributed by atoms with Crippen molar-refractivity contribution in [2.24, 2.45) is 5.73 Å². The zero-order valence-electron chi connectivity index (χ0n) is 34.4. The van der Waals surface area contributed by atoms with E-state index in [-0.39, 0.29) is 37.1 Å². The molecule has 66 heavy (non-hydrogen) atoms. The summed E-state index contributed by atoms with van der Waals surface area (Å²) in [4.78, 5) is 43.5. The quantitative estimate of drug-likeness (QED) is 0.0850. The van der Waals surface area contributed by atoms with Crippen molar-refractivity contribution in [1.29, 1.82) is 0 Å². The minimum atomic E-state index is -5.20. The van der Waals surface area contributed by atoms with Gasteiger partial charge in [0.1, 0.15) is 51.8 Å². The summed E-state index contributed by atoms with van der Waals surface area (Å²) in [5, 5.41) is 8.74. The number of hydrogen-bond donors (Lipinski definition) is 2. The van der Waals surface area contributed by atoms with Crippen LogP contribution >= 0.6 is 11.6 Å². The van der Waals surface area contributed by atoms with Crippen molar-refractivity contribution in [3.05, 3.63) is 93.0 Å². The molecule has 5 aromatic rings. The van der Waals surface area contributed by atoms with Crippen molar-refractivity contribution in [1.82, 2.24) is 29.9 Å². The molecule has 3 heterocycles. The number of rotatable bonds is 11. The third kappa shape index (κ3) is 10.4. The first-order valence-electron chi connectivity index (χ1n) is 18.9. The molecule has 6 rings (SSSR count). The maximum atomic E-state index is 15.1. The highest BCUT2D eigenvalue weighted by Gasteiger charge is 2.50. The number of halogens is 11. The lowest BCUT2D eigenvalue weighted by molar-refractivity contribution is -0.143. The van der Waals surface area contributed by atoms with Gasteiger partial charge in [0, 0.05) is 52.5 Å². The molecule has 0 fully saturated rings. The molecule has 13 nitrogen and oxygen atoms in total. The minimum absolute atomic E-state index is 0.161. The van der Waals surface area contributed by atoms with Crippen LogP contribution < -0.4 is 15.4 Å². The normalized spacial score (nSPS) is 15.1. The summed E-state index contributed by atoms with van der Waals surface area (Å²) in [5.41, 5.74) is -0.291. The number of fused-ring (bicyclic) bond motifs is 2. The minimum Gasteiger partial charge on any atom is -0.361 e. The molecule has 3 aromatic heterocycles. The van der Waals surface area contributed by atoms with E-state index in [1.807, 2.05) is 0 Å². The fourth-order valence-corrected chi connectivity index (χ4v) is 8.24. The molecular formula is C40H33ClF10N8O5S2. The van der Waals surface area contributed by atoms with Crippen LogP contribution in [-0.4, -0.2) is 74.1 Å². The molecule has 1 aliphatic carbocycles. The molecule has 1 aliphatic rings. The van der Waals surface area contributed by atoms with Crippen molar-refractivity contribution >= 4 is 67.8 Å². The Morgan fingerprint density at radius 3 is 2.18 bits per heavy atom. The summed E-state index contributed by atoms with van der Waals surface area (Å²) in [6.07, 6.45) is -10.4. The zero-order chi connectivity index (χ0) is 49.0. The Bertz CT molecular complexity index is 2900. The van der Waals surface area contributed by atoms with E-state index in [0.29, 0.717) is 10.7 Å². The van der Waals surface area contributed by atoms with Gasteiger partial charge in [-0.25, -0.2) is 22.3 Å². The van der Waals surface area contributed by atoms with Crippen LogP contribution in [0.1, 0.15) is 60.2 Å². The van der Waals surface area contributed by atoms with Crippen LogP contribution in [-0.2, 0) is 74.2 Å². The number of pyridine rings is 1. The van der Waals surface area contributed by atoms with E-state index in [9.17, 15) is 57.9 Å². The first-order chi connectivity index (χ1) is 30.5. The van der Waals surface area contributed by atoms with E-state index in [1.54, 1.807) is 0 Å². The average Bonchev–Trinajstić information content (AvgIpc) is 3.84. The summed E-state index contributed by atoms with van der Waals surface area (Å²) in [7, 11) is -4.09. The van der Waals surface area contributed by atoms with E-state index in [4.69, 9.17) is 17.3 Å². The van der Waals surface area contributed by atoms with Crippen LogP contribution in [0, 0.1) is 23.5 Å². The van der Waals surface area contributed by atoms with Crippen LogP contribution in [0.4, 0.5) is 49.7 Å². The Labute approximate surface area is 377 Å². The Balaban J connectivity index is 1.64. The van der Waals surface area contributed by atoms with Crippen molar-refractivity contribution in [3.63, 3.8) is 0 Å². The molecule has 3 amide bonds. The molecule has 3 unspecified atom stereocenters. The first kappa shape index (κ1) is 49.6. The number of amides is 3. The molecule has 3 atom stereocenters. The van der Waals surface area contributed by atoms with Gasteiger partial charge in [-0.1, -0.05) is 23.6 Å². The summed E-state index contributed by atoms with van der Waals surface area (Å²) in [6, 6.07) is 5.18. The van der Waals surface area contributed by atoms with E-state index in [0.717, 1.165) is 30.5 Å². The molecule has 0 radical (unpaired) electrons. The number of nitrogens with zero attached hydrogens (tertiary/aromatic N) is 6. The number of benzene rings is 2. The SMILES string of the molecule is CS(=O)N(C(=O)C(N)=O)c1nn(CC(F)(F)F)c2c(-c3ccc(C#CC(C)(C)S(C)=O)nc3C(Cc3cc(F)cc(F)c3)NC(=O)Cn3nc(C(F)(F)F)c4c3C(F)(F)CC4)ccc(Cl)c12. The number of nitrogens with one attached hydrogen (secondary N) is 1. The third-order valence-electron chi connectivity index (χ3n) is 10.1. The fourth-order valence-electron chi connectivity index (χ4n) is 7.11. The molecule has 0 saturated heterocycles. The van der Waals surface area contributed by atoms with Gasteiger partial charge in [0.15, 0.2) is 11.5 Å². The van der Waals surface area contributed by atoms with E-state index in [2.05, 4.69) is 32.3 Å². The molecule has 0 saturated carbocycles. The Hall–Kier alpha value is -5.87. The zero-order valence-corrected chi connectivity index (χ0v) is 36.8. The number of primary amides is 1. The standard InChI is InChI=1S/C40H33ClF10N8O5S2/c1-37(2,65(3)63)11-9-22-5-6-23(24-7-8-26(41)29-31(24)58(18-39(46,47)48)56-35(29)59(66(4)64)36(62)34(52)61)30(53-22)27(15-19-13-20(42)16-21(43)14-19)54-28(60)17-57-33-25(10-12-38(33,44)45)32(55-57)40(49,50)51/h5-8,13-14,16,27H,10,12,15,17-18H2,1-4H3,(H2,52,61)(H,54,60). The maximum absolute atomic E-state index is 15.1. The number of alkyl halides is 8. The van der Waals surface area contributed by atoms with Gasteiger partial charge < -0.3 is 11.1 Å². The van der Waals surface area contributed by atoms with Crippen molar-refractivity contribution < 1.29 is 66.7 Å². The monoisotopic (exact) mass is 994 g/mol. The largest absolute Gasteiger partial charge is 0.435 e. The van der Waals surface area contributed by atoms with Crippen LogP contribution in [0.2, 0.25) is 5.02 Å². The summed E-state index contributed by atoms with van der Waals surface area (Å²) < 4.78 is 169.